The van der Waals surface area contributed by atoms with E-state index >= 15 is 0 Å². The van der Waals surface area contributed by atoms with E-state index in [0.29, 0.717) is 25.7 Å². The van der Waals surface area contributed by atoms with E-state index in [9.17, 15) is 9.59 Å². The molecule has 6 nitrogen and oxygen atoms in total. The molecule has 1 rings (SSSR count). The molecule has 0 N–H and O–H groups in total. The number of nitriles is 1. The van der Waals surface area contributed by atoms with Gasteiger partial charge < -0.3 is 4.74 Å². The quantitative estimate of drug-likeness (QED) is 0.388. The Bertz CT molecular complexity index is 353. The zero-order valence-corrected chi connectivity index (χ0v) is 7.97. The molecule has 0 spiro atoms. The van der Waals surface area contributed by atoms with E-state index in [1.165, 1.54) is 18.4 Å². The third-order valence-corrected chi connectivity index (χ3v) is 2.46. The molecule has 78 valence electrons. The minimum atomic E-state index is -1.09. The summed E-state index contributed by atoms with van der Waals surface area (Å²) in [5.74, 6) is 0. The highest BCUT2D eigenvalue weighted by Crippen LogP contribution is 2.33. The highest BCUT2D eigenvalue weighted by molar-refractivity contribution is 5.35. The van der Waals surface area contributed by atoms with Crippen LogP contribution < -0.4 is 0 Å². The van der Waals surface area contributed by atoms with Crippen molar-refractivity contribution in [1.29, 1.82) is 5.26 Å². The first-order chi connectivity index (χ1) is 7.26. The Hall–Kier alpha value is -1.95. The maximum atomic E-state index is 10.2. The third kappa shape index (κ3) is 2.75. The molecule has 0 atom stereocenters. The van der Waals surface area contributed by atoms with Crippen molar-refractivity contribution in [3.63, 3.8) is 0 Å². The monoisotopic (exact) mass is 207 g/mol. The fourth-order valence-corrected chi connectivity index (χ4v) is 1.66. The molecule has 0 aliphatic heterocycles. The summed E-state index contributed by atoms with van der Waals surface area (Å²) >= 11 is 0. The van der Waals surface area contributed by atoms with E-state index in [1.807, 2.05) is 0 Å². The zero-order chi connectivity index (χ0) is 11.1. The average molecular weight is 207 g/mol. The van der Waals surface area contributed by atoms with Crippen LogP contribution in [0.3, 0.4) is 0 Å². The van der Waals surface area contributed by atoms with Crippen molar-refractivity contribution < 1.29 is 14.3 Å². The van der Waals surface area contributed by atoms with Crippen LogP contribution in [0.15, 0.2) is 9.98 Å². The van der Waals surface area contributed by atoms with Gasteiger partial charge in [-0.3, -0.25) is 0 Å². The van der Waals surface area contributed by atoms with Crippen LogP contribution >= 0.6 is 0 Å². The molecule has 0 saturated heterocycles. The van der Waals surface area contributed by atoms with Gasteiger partial charge in [-0.25, -0.2) is 14.6 Å². The van der Waals surface area contributed by atoms with Crippen LogP contribution in [0, 0.1) is 11.5 Å². The summed E-state index contributed by atoms with van der Waals surface area (Å²) in [6.07, 6.45) is 6.27. The second kappa shape index (κ2) is 5.06. The molecule has 0 unspecified atom stereocenters. The molecule has 0 radical (unpaired) electrons. The normalized spacial score (nSPS) is 29.1. The highest BCUT2D eigenvalue weighted by atomic mass is 16.5. The second-order valence-electron chi connectivity index (χ2n) is 3.29. The number of rotatable bonds is 3. The van der Waals surface area contributed by atoms with Crippen LogP contribution in [-0.2, 0) is 14.3 Å². The van der Waals surface area contributed by atoms with Crippen molar-refractivity contribution in [2.75, 3.05) is 0 Å². The average Bonchev–Trinajstić information content (AvgIpc) is 2.23. The maximum absolute atomic E-state index is 10.2. The van der Waals surface area contributed by atoms with E-state index in [4.69, 9.17) is 10.00 Å². The first-order valence-electron chi connectivity index (χ1n) is 4.49. The SMILES string of the molecule is N#COC1(N=C=O)CCC(N=C=O)CC1. The van der Waals surface area contributed by atoms with Gasteiger partial charge in [0, 0.05) is 12.8 Å². The predicted molar refractivity (Wildman–Crippen MR) is 47.9 cm³/mol. The second-order valence-corrected chi connectivity index (χ2v) is 3.29. The van der Waals surface area contributed by atoms with Crippen molar-refractivity contribution in [1.82, 2.24) is 0 Å². The number of isocyanates is 2. The van der Waals surface area contributed by atoms with Gasteiger partial charge in [0.1, 0.15) is 0 Å². The fourth-order valence-electron chi connectivity index (χ4n) is 1.66. The molecule has 1 aliphatic carbocycles. The molecule has 1 saturated carbocycles. The smallest absolute Gasteiger partial charge is 0.288 e. The summed E-state index contributed by atoms with van der Waals surface area (Å²) in [7, 11) is 0. The lowest BCUT2D eigenvalue weighted by Gasteiger charge is -2.31. The lowest BCUT2D eigenvalue weighted by atomic mass is 9.88. The van der Waals surface area contributed by atoms with Crippen LogP contribution in [0.5, 0.6) is 0 Å². The Kier molecular flexibility index (Phi) is 3.75. The fraction of sp³-hybridized carbons (Fsp3) is 0.667. The third-order valence-electron chi connectivity index (χ3n) is 2.46. The molecule has 0 aromatic carbocycles. The standard InChI is InChI=1S/C9H9N3O3/c10-5-15-9(12-7-14)3-1-8(2-4-9)11-6-13/h8H,1-4H2. The Labute approximate surface area is 86.3 Å². The van der Waals surface area contributed by atoms with Crippen LogP contribution in [-0.4, -0.2) is 23.9 Å². The summed E-state index contributed by atoms with van der Waals surface area (Å²) in [6, 6.07) is -0.111. The zero-order valence-electron chi connectivity index (χ0n) is 7.97. The molecule has 6 heteroatoms. The molecule has 0 heterocycles. The minimum absolute atomic E-state index is 0.111. The topological polar surface area (TPSA) is 91.9 Å². The van der Waals surface area contributed by atoms with Crippen molar-refractivity contribution in [3.8, 4) is 6.26 Å². The summed E-state index contributed by atoms with van der Waals surface area (Å²) < 4.78 is 4.77. The molecule has 0 aromatic rings. The minimum Gasteiger partial charge on any atom is -0.396 e. The predicted octanol–water partition coefficient (Wildman–Crippen LogP) is 0.795. The van der Waals surface area contributed by atoms with Gasteiger partial charge in [0.25, 0.3) is 6.26 Å². The molecule has 0 amide bonds. The van der Waals surface area contributed by atoms with Crippen LogP contribution in [0.25, 0.3) is 0 Å². The Balaban J connectivity index is 2.69. The first kappa shape index (κ1) is 11.1. The first-order valence-corrected chi connectivity index (χ1v) is 4.49. The van der Waals surface area contributed by atoms with Gasteiger partial charge >= 0.3 is 0 Å². The maximum Gasteiger partial charge on any atom is 0.288 e. The van der Waals surface area contributed by atoms with Crippen LogP contribution in [0.4, 0.5) is 0 Å². The Morgan fingerprint density at radius 3 is 2.40 bits per heavy atom. The number of ether oxygens (including phenoxy) is 1. The molecule has 0 bridgehead atoms. The van der Waals surface area contributed by atoms with E-state index in [-0.39, 0.29) is 6.04 Å². The van der Waals surface area contributed by atoms with Crippen molar-refractivity contribution in [3.05, 3.63) is 0 Å². The number of carbonyl (C=O) groups excluding carboxylic acids is 2. The van der Waals surface area contributed by atoms with Gasteiger partial charge in [-0.2, -0.15) is 10.3 Å². The van der Waals surface area contributed by atoms with Gasteiger partial charge in [-0.05, 0) is 12.8 Å². The Morgan fingerprint density at radius 2 is 1.93 bits per heavy atom. The highest BCUT2D eigenvalue weighted by Gasteiger charge is 2.37. The van der Waals surface area contributed by atoms with Crippen molar-refractivity contribution in [2.45, 2.75) is 37.5 Å². The molecular weight excluding hydrogens is 198 g/mol. The number of nitrogens with zero attached hydrogens (tertiary/aromatic N) is 3. The lowest BCUT2D eigenvalue weighted by Crippen LogP contribution is -2.35. The summed E-state index contributed by atoms with van der Waals surface area (Å²) in [5, 5.41) is 8.43. The molecule has 1 fully saturated rings. The number of aliphatic imine (C=N–C) groups is 2. The molecule has 15 heavy (non-hydrogen) atoms. The van der Waals surface area contributed by atoms with Gasteiger partial charge in [-0.15, -0.1) is 0 Å². The van der Waals surface area contributed by atoms with E-state index in [2.05, 4.69) is 9.98 Å². The van der Waals surface area contributed by atoms with Gasteiger partial charge in [0.15, 0.2) is 0 Å². The Morgan fingerprint density at radius 1 is 1.27 bits per heavy atom. The van der Waals surface area contributed by atoms with Crippen LogP contribution in [0.2, 0.25) is 0 Å². The van der Waals surface area contributed by atoms with Gasteiger partial charge in [0.05, 0.1) is 6.04 Å². The van der Waals surface area contributed by atoms with E-state index < -0.39 is 5.72 Å². The number of hydrogen-bond donors (Lipinski definition) is 0. The van der Waals surface area contributed by atoms with Crippen molar-refractivity contribution >= 4 is 12.2 Å². The van der Waals surface area contributed by atoms with Crippen molar-refractivity contribution in [2.24, 2.45) is 9.98 Å². The van der Waals surface area contributed by atoms with Gasteiger partial charge in [0.2, 0.25) is 17.9 Å². The molecular formula is C9H9N3O3. The summed E-state index contributed by atoms with van der Waals surface area (Å²) in [6.45, 7) is 0. The van der Waals surface area contributed by atoms with Crippen LogP contribution in [0.1, 0.15) is 25.7 Å². The molecule has 1 aliphatic rings. The van der Waals surface area contributed by atoms with E-state index in [0.717, 1.165) is 0 Å². The lowest BCUT2D eigenvalue weighted by molar-refractivity contribution is 0.00467. The summed E-state index contributed by atoms with van der Waals surface area (Å²) in [5.41, 5.74) is -1.09. The summed E-state index contributed by atoms with van der Waals surface area (Å²) in [4.78, 5) is 27.3. The number of hydrogen-bond acceptors (Lipinski definition) is 6. The largest absolute Gasteiger partial charge is 0.396 e. The van der Waals surface area contributed by atoms with Gasteiger partial charge in [-0.1, -0.05) is 0 Å². The van der Waals surface area contributed by atoms with E-state index in [1.54, 1.807) is 0 Å². The molecule has 0 aromatic heterocycles.